The molecule has 0 fully saturated rings. The number of fused-ring (bicyclic) bond motifs is 1. The predicted octanol–water partition coefficient (Wildman–Crippen LogP) is 2.74. The molecule has 6 heteroatoms. The summed E-state index contributed by atoms with van der Waals surface area (Å²) in [6.45, 7) is 4.12. The molecule has 6 nitrogen and oxygen atoms in total. The van der Waals surface area contributed by atoms with Crippen LogP contribution in [-0.2, 0) is 7.05 Å². The third-order valence-electron chi connectivity index (χ3n) is 3.41. The van der Waals surface area contributed by atoms with Crippen LogP contribution >= 0.6 is 0 Å². The van der Waals surface area contributed by atoms with Crippen molar-refractivity contribution in [2.45, 2.75) is 19.8 Å². The van der Waals surface area contributed by atoms with Gasteiger partial charge in [-0.25, -0.2) is 4.98 Å². The molecule has 0 bridgehead atoms. The molecule has 0 atom stereocenters. The molecule has 22 heavy (non-hydrogen) atoms. The van der Waals surface area contributed by atoms with Gasteiger partial charge in [0.05, 0.1) is 22.9 Å². The Kier molecular flexibility index (Phi) is 3.58. The van der Waals surface area contributed by atoms with Gasteiger partial charge in [-0.05, 0) is 18.1 Å². The number of rotatable bonds is 3. The summed E-state index contributed by atoms with van der Waals surface area (Å²) < 4.78 is 1.65. The molecule has 0 saturated carbocycles. The number of aryl methyl sites for hydroxylation is 1. The van der Waals surface area contributed by atoms with E-state index in [4.69, 9.17) is 0 Å². The molecule has 0 saturated heterocycles. The van der Waals surface area contributed by atoms with Crippen molar-refractivity contribution in [3.63, 3.8) is 0 Å². The summed E-state index contributed by atoms with van der Waals surface area (Å²) in [6, 6.07) is 9.33. The first-order valence-electron chi connectivity index (χ1n) is 7.11. The maximum atomic E-state index is 12.3. The van der Waals surface area contributed by atoms with Gasteiger partial charge in [-0.3, -0.25) is 14.5 Å². The molecule has 0 unspecified atom stereocenters. The maximum Gasteiger partial charge on any atom is 0.277 e. The van der Waals surface area contributed by atoms with Gasteiger partial charge in [-0.2, -0.15) is 5.10 Å². The summed E-state index contributed by atoms with van der Waals surface area (Å²) >= 11 is 0. The Hall–Kier alpha value is -2.76. The van der Waals surface area contributed by atoms with Crippen LogP contribution in [-0.4, -0.2) is 25.7 Å². The lowest BCUT2D eigenvalue weighted by Gasteiger charge is -2.05. The second-order valence-corrected chi connectivity index (χ2v) is 5.43. The quantitative estimate of drug-likeness (QED) is 0.806. The summed E-state index contributed by atoms with van der Waals surface area (Å²) in [5.41, 5.74) is 2.68. The number of para-hydroxylation sites is 2. The van der Waals surface area contributed by atoms with E-state index in [-0.39, 0.29) is 11.6 Å². The van der Waals surface area contributed by atoms with E-state index in [9.17, 15) is 4.79 Å². The van der Waals surface area contributed by atoms with Gasteiger partial charge >= 0.3 is 0 Å². The van der Waals surface area contributed by atoms with E-state index >= 15 is 0 Å². The molecule has 0 spiro atoms. The summed E-state index contributed by atoms with van der Waals surface area (Å²) in [7, 11) is 1.80. The lowest BCUT2D eigenvalue weighted by Crippen LogP contribution is -2.16. The van der Waals surface area contributed by atoms with Crippen LogP contribution < -0.4 is 5.32 Å². The molecule has 0 radical (unpaired) electrons. The van der Waals surface area contributed by atoms with Crippen LogP contribution in [0.5, 0.6) is 0 Å². The maximum absolute atomic E-state index is 12.3. The largest absolute Gasteiger partial charge is 0.305 e. The Balaban J connectivity index is 1.86. The van der Waals surface area contributed by atoms with E-state index < -0.39 is 0 Å². The van der Waals surface area contributed by atoms with Crippen LogP contribution in [0.1, 0.15) is 35.9 Å². The number of benzene rings is 1. The summed E-state index contributed by atoms with van der Waals surface area (Å²) in [4.78, 5) is 20.9. The highest BCUT2D eigenvalue weighted by atomic mass is 16.2. The van der Waals surface area contributed by atoms with Crippen LogP contribution in [0, 0.1) is 0 Å². The molecule has 0 aliphatic rings. The minimum atomic E-state index is -0.295. The second-order valence-electron chi connectivity index (χ2n) is 5.43. The molecule has 0 aliphatic carbocycles. The van der Waals surface area contributed by atoms with E-state index in [2.05, 4.69) is 34.2 Å². The highest BCUT2D eigenvalue weighted by molar-refractivity contribution is 6.03. The third-order valence-corrected chi connectivity index (χ3v) is 3.41. The van der Waals surface area contributed by atoms with Crippen molar-refractivity contribution < 1.29 is 4.79 Å². The van der Waals surface area contributed by atoms with Crippen molar-refractivity contribution in [1.29, 1.82) is 0 Å². The van der Waals surface area contributed by atoms with E-state index in [1.165, 1.54) is 6.20 Å². The Morgan fingerprint density at radius 3 is 2.64 bits per heavy atom. The van der Waals surface area contributed by atoms with Gasteiger partial charge in [0, 0.05) is 13.1 Å². The monoisotopic (exact) mass is 295 g/mol. The van der Waals surface area contributed by atoms with E-state index in [1.807, 2.05) is 30.3 Å². The van der Waals surface area contributed by atoms with E-state index in [0.29, 0.717) is 17.3 Å². The average molecular weight is 295 g/mol. The van der Waals surface area contributed by atoms with Gasteiger partial charge in [0.25, 0.3) is 5.91 Å². The van der Waals surface area contributed by atoms with Gasteiger partial charge in [0.1, 0.15) is 11.5 Å². The highest BCUT2D eigenvalue weighted by Gasteiger charge is 2.14. The zero-order valence-corrected chi connectivity index (χ0v) is 12.7. The summed E-state index contributed by atoms with van der Waals surface area (Å²) in [5, 5.41) is 7.20. The van der Waals surface area contributed by atoms with Gasteiger partial charge in [0.2, 0.25) is 0 Å². The van der Waals surface area contributed by atoms with Gasteiger partial charge < -0.3 is 5.32 Å². The van der Waals surface area contributed by atoms with Crippen LogP contribution in [0.25, 0.3) is 11.0 Å². The molecule has 1 aromatic carbocycles. The molecule has 1 N–H and O–H groups in total. The average Bonchev–Trinajstić information content (AvgIpc) is 2.88. The summed E-state index contributed by atoms with van der Waals surface area (Å²) in [5.74, 6) is 0.650. The first kappa shape index (κ1) is 14.2. The molecular weight excluding hydrogens is 278 g/mol. The molecule has 112 valence electrons. The number of hydrogen-bond acceptors (Lipinski definition) is 4. The standard InChI is InChI=1S/C16H17N5O/c1-10(2)13-8-15(21(3)20-13)19-16(22)14-9-17-11-6-4-5-7-12(11)18-14/h4-10H,1-3H3,(H,19,22). The van der Waals surface area contributed by atoms with Crippen molar-refractivity contribution in [2.75, 3.05) is 5.32 Å². The predicted molar refractivity (Wildman–Crippen MR) is 84.8 cm³/mol. The van der Waals surface area contributed by atoms with Crippen LogP contribution in [0.4, 0.5) is 5.82 Å². The molecule has 0 aliphatic heterocycles. The molecule has 1 amide bonds. The molecular formula is C16H17N5O. The number of anilines is 1. The fourth-order valence-electron chi connectivity index (χ4n) is 2.14. The van der Waals surface area contributed by atoms with Crippen LogP contribution in [0.3, 0.4) is 0 Å². The second kappa shape index (κ2) is 5.55. The highest BCUT2D eigenvalue weighted by Crippen LogP contribution is 2.18. The first-order valence-corrected chi connectivity index (χ1v) is 7.11. The number of aromatic nitrogens is 4. The fraction of sp³-hybridized carbons (Fsp3) is 0.250. The topological polar surface area (TPSA) is 72.7 Å². The van der Waals surface area contributed by atoms with Crippen molar-refractivity contribution >= 4 is 22.8 Å². The minimum absolute atomic E-state index is 0.283. The number of carbonyl (C=O) groups is 1. The minimum Gasteiger partial charge on any atom is -0.305 e. The number of carbonyl (C=O) groups excluding carboxylic acids is 1. The Morgan fingerprint density at radius 2 is 1.95 bits per heavy atom. The van der Waals surface area contributed by atoms with Gasteiger partial charge in [-0.15, -0.1) is 0 Å². The number of hydrogen-bond donors (Lipinski definition) is 1. The van der Waals surface area contributed by atoms with Crippen LogP contribution in [0.2, 0.25) is 0 Å². The number of amides is 1. The van der Waals surface area contributed by atoms with Gasteiger partial charge in [0.15, 0.2) is 0 Å². The Morgan fingerprint density at radius 1 is 1.23 bits per heavy atom. The zero-order chi connectivity index (χ0) is 15.7. The molecule has 2 heterocycles. The summed E-state index contributed by atoms with van der Waals surface area (Å²) in [6.07, 6.45) is 1.48. The van der Waals surface area contributed by atoms with Crippen molar-refractivity contribution in [1.82, 2.24) is 19.7 Å². The molecule has 2 aromatic heterocycles. The first-order chi connectivity index (χ1) is 10.5. The van der Waals surface area contributed by atoms with Crippen molar-refractivity contribution in [2.24, 2.45) is 7.05 Å². The third kappa shape index (κ3) is 2.67. The zero-order valence-electron chi connectivity index (χ0n) is 12.7. The number of nitrogens with zero attached hydrogens (tertiary/aromatic N) is 4. The molecule has 3 aromatic rings. The lowest BCUT2D eigenvalue weighted by molar-refractivity contribution is 0.102. The lowest BCUT2D eigenvalue weighted by atomic mass is 10.1. The van der Waals surface area contributed by atoms with Crippen LogP contribution in [0.15, 0.2) is 36.5 Å². The normalized spacial score (nSPS) is 11.1. The fourth-order valence-corrected chi connectivity index (χ4v) is 2.14. The SMILES string of the molecule is CC(C)c1cc(NC(=O)c2cnc3ccccc3n2)n(C)n1. The smallest absolute Gasteiger partial charge is 0.277 e. The molecule has 3 rings (SSSR count). The van der Waals surface area contributed by atoms with Crippen molar-refractivity contribution in [3.8, 4) is 0 Å². The van der Waals surface area contributed by atoms with E-state index in [1.54, 1.807) is 11.7 Å². The number of nitrogens with one attached hydrogen (secondary N) is 1. The van der Waals surface area contributed by atoms with Gasteiger partial charge in [-0.1, -0.05) is 26.0 Å². The Labute approximate surface area is 128 Å². The Bertz CT molecular complexity index is 837. The van der Waals surface area contributed by atoms with E-state index in [0.717, 1.165) is 11.2 Å². The van der Waals surface area contributed by atoms with Crippen molar-refractivity contribution in [3.05, 3.63) is 47.9 Å².